The number of amides is 2. The first-order valence-corrected chi connectivity index (χ1v) is 13.3. The molecule has 1 aliphatic rings. The van der Waals surface area contributed by atoms with Crippen LogP contribution in [-0.4, -0.2) is 52.7 Å². The van der Waals surface area contributed by atoms with Crippen molar-refractivity contribution in [2.75, 3.05) is 20.2 Å². The van der Waals surface area contributed by atoms with E-state index in [2.05, 4.69) is 15.3 Å². The van der Waals surface area contributed by atoms with Crippen LogP contribution in [0.4, 0.5) is 9.18 Å². The summed E-state index contributed by atoms with van der Waals surface area (Å²) in [4.78, 5) is 35.0. The van der Waals surface area contributed by atoms with Crippen LogP contribution in [0.25, 0.3) is 5.57 Å². The molecule has 4 rings (SSSR count). The Balaban J connectivity index is 1.54. The van der Waals surface area contributed by atoms with Crippen molar-refractivity contribution in [1.82, 2.24) is 20.2 Å². The number of rotatable bonds is 6. The Morgan fingerprint density at radius 1 is 0.975 bits per heavy atom. The number of nitrogens with zero attached hydrogens (tertiary/aromatic N) is 3. The maximum absolute atomic E-state index is 13.8. The second-order valence-electron chi connectivity index (χ2n) is 10.7. The molecule has 1 saturated heterocycles. The lowest BCUT2D eigenvalue weighted by Gasteiger charge is -2.32. The first-order valence-electron chi connectivity index (χ1n) is 13.3. The zero-order valence-electron chi connectivity index (χ0n) is 23.5. The van der Waals surface area contributed by atoms with Crippen molar-refractivity contribution in [2.45, 2.75) is 52.2 Å². The number of benzene rings is 2. The fourth-order valence-electron chi connectivity index (χ4n) is 4.59. The molecule has 0 saturated carbocycles. The standard InChI is InChI=1S/C31H35FN4O4/c1-20(34-28(37)26-14-17-33-29(35-26)39-5)21-6-8-22(9-7-21)27(23-10-12-25(32)13-11-23)24-15-18-36(19-16-24)30(38)40-31(2,3)4/h6-14,17,20H,15-16,18-19H2,1-5H3,(H,34,37)/t20-/m1/s1. The topological polar surface area (TPSA) is 93.7 Å². The lowest BCUT2D eigenvalue weighted by atomic mass is 9.88. The minimum atomic E-state index is -0.549. The van der Waals surface area contributed by atoms with Gasteiger partial charge >= 0.3 is 12.1 Å². The maximum atomic E-state index is 13.8. The molecule has 3 aromatic rings. The molecule has 0 bridgehead atoms. The van der Waals surface area contributed by atoms with Crippen LogP contribution in [-0.2, 0) is 4.74 Å². The van der Waals surface area contributed by atoms with Crippen molar-refractivity contribution < 1.29 is 23.5 Å². The number of ether oxygens (including phenoxy) is 2. The summed E-state index contributed by atoms with van der Waals surface area (Å²) in [6, 6.07) is 15.8. The van der Waals surface area contributed by atoms with E-state index in [0.717, 1.165) is 22.3 Å². The summed E-state index contributed by atoms with van der Waals surface area (Å²) < 4.78 is 24.3. The van der Waals surface area contributed by atoms with E-state index in [9.17, 15) is 14.0 Å². The van der Waals surface area contributed by atoms with E-state index in [4.69, 9.17) is 9.47 Å². The normalized spacial score (nSPS) is 14.3. The summed E-state index contributed by atoms with van der Waals surface area (Å²) in [7, 11) is 1.45. The van der Waals surface area contributed by atoms with Crippen LogP contribution in [0, 0.1) is 5.82 Å². The highest BCUT2D eigenvalue weighted by Crippen LogP contribution is 2.33. The van der Waals surface area contributed by atoms with E-state index in [1.54, 1.807) is 17.0 Å². The van der Waals surface area contributed by atoms with Gasteiger partial charge in [-0.2, -0.15) is 4.98 Å². The Labute approximate surface area is 234 Å². The minimum absolute atomic E-state index is 0.128. The smallest absolute Gasteiger partial charge is 0.410 e. The van der Waals surface area contributed by atoms with E-state index < -0.39 is 5.60 Å². The number of carbonyl (C=O) groups is 2. The van der Waals surface area contributed by atoms with Gasteiger partial charge in [0.2, 0.25) is 0 Å². The molecule has 40 heavy (non-hydrogen) atoms. The number of piperidine rings is 1. The molecule has 1 atom stereocenters. The number of methoxy groups -OCH3 is 1. The molecule has 2 heterocycles. The molecule has 8 nitrogen and oxygen atoms in total. The molecular formula is C31H35FN4O4. The van der Waals surface area contributed by atoms with Crippen LogP contribution in [0.15, 0.2) is 66.4 Å². The van der Waals surface area contributed by atoms with Crippen LogP contribution < -0.4 is 10.1 Å². The molecule has 210 valence electrons. The molecule has 2 aromatic carbocycles. The van der Waals surface area contributed by atoms with Gasteiger partial charge in [-0.25, -0.2) is 14.2 Å². The van der Waals surface area contributed by atoms with E-state index in [-0.39, 0.29) is 35.6 Å². The van der Waals surface area contributed by atoms with Gasteiger partial charge < -0.3 is 19.7 Å². The van der Waals surface area contributed by atoms with E-state index in [1.165, 1.54) is 37.1 Å². The summed E-state index contributed by atoms with van der Waals surface area (Å²) in [6.45, 7) is 8.56. The monoisotopic (exact) mass is 546 g/mol. The molecule has 0 spiro atoms. The zero-order chi connectivity index (χ0) is 28.9. The molecule has 1 N–H and O–H groups in total. The van der Waals surface area contributed by atoms with Crippen molar-refractivity contribution in [3.05, 3.63) is 94.6 Å². The Morgan fingerprint density at radius 3 is 2.15 bits per heavy atom. The first kappa shape index (κ1) is 28.7. The molecule has 1 aromatic heterocycles. The number of carbonyl (C=O) groups excluding carboxylic acids is 2. The predicted octanol–water partition coefficient (Wildman–Crippen LogP) is 5.95. The molecule has 1 aliphatic heterocycles. The van der Waals surface area contributed by atoms with Crippen LogP contribution in [0.1, 0.15) is 73.8 Å². The molecule has 0 aliphatic carbocycles. The third-order valence-corrected chi connectivity index (χ3v) is 6.60. The average Bonchev–Trinajstić information content (AvgIpc) is 2.94. The van der Waals surface area contributed by atoms with Crippen LogP contribution >= 0.6 is 0 Å². The van der Waals surface area contributed by atoms with E-state index in [1.807, 2.05) is 52.0 Å². The van der Waals surface area contributed by atoms with Crippen molar-refractivity contribution >= 4 is 17.6 Å². The summed E-state index contributed by atoms with van der Waals surface area (Å²) in [5.74, 6) is -0.628. The lowest BCUT2D eigenvalue weighted by molar-refractivity contribution is 0.0236. The van der Waals surface area contributed by atoms with Gasteiger partial charge in [0.1, 0.15) is 17.1 Å². The van der Waals surface area contributed by atoms with Crippen LogP contribution in [0.2, 0.25) is 0 Å². The molecule has 2 amide bonds. The maximum Gasteiger partial charge on any atom is 0.410 e. The van der Waals surface area contributed by atoms with E-state index >= 15 is 0 Å². The van der Waals surface area contributed by atoms with Gasteiger partial charge in [-0.05, 0) is 81.0 Å². The highest BCUT2D eigenvalue weighted by atomic mass is 19.1. The zero-order valence-corrected chi connectivity index (χ0v) is 23.5. The lowest BCUT2D eigenvalue weighted by Crippen LogP contribution is -2.40. The molecule has 0 radical (unpaired) electrons. The van der Waals surface area contributed by atoms with Crippen LogP contribution in [0.3, 0.4) is 0 Å². The molecule has 0 unspecified atom stereocenters. The molecule has 9 heteroatoms. The number of aromatic nitrogens is 2. The van der Waals surface area contributed by atoms with Gasteiger partial charge in [0, 0.05) is 19.3 Å². The highest BCUT2D eigenvalue weighted by Gasteiger charge is 2.26. The van der Waals surface area contributed by atoms with Gasteiger partial charge in [0.05, 0.1) is 13.2 Å². The number of hydrogen-bond acceptors (Lipinski definition) is 6. The first-order chi connectivity index (χ1) is 19.0. The van der Waals surface area contributed by atoms with Crippen LogP contribution in [0.5, 0.6) is 6.01 Å². The minimum Gasteiger partial charge on any atom is -0.467 e. The van der Waals surface area contributed by atoms with Crippen molar-refractivity contribution in [1.29, 1.82) is 0 Å². The summed E-state index contributed by atoms with van der Waals surface area (Å²) >= 11 is 0. The Hall–Kier alpha value is -4.27. The largest absolute Gasteiger partial charge is 0.467 e. The van der Waals surface area contributed by atoms with Gasteiger partial charge in [0.25, 0.3) is 5.91 Å². The number of halogens is 1. The van der Waals surface area contributed by atoms with Gasteiger partial charge in [-0.15, -0.1) is 0 Å². The third kappa shape index (κ3) is 7.22. The SMILES string of the molecule is COc1nccc(C(=O)N[C@H](C)c2ccc(C(=C3CCN(C(=O)OC(C)(C)C)CC3)c3ccc(F)cc3)cc2)n1. The van der Waals surface area contributed by atoms with Crippen molar-refractivity contribution in [3.63, 3.8) is 0 Å². The Morgan fingerprint density at radius 2 is 1.57 bits per heavy atom. The number of likely N-dealkylation sites (tertiary alicyclic amines) is 1. The van der Waals surface area contributed by atoms with Gasteiger partial charge in [-0.1, -0.05) is 42.0 Å². The quantitative estimate of drug-likeness (QED) is 0.411. The van der Waals surface area contributed by atoms with Crippen molar-refractivity contribution in [3.8, 4) is 6.01 Å². The summed E-state index contributed by atoms with van der Waals surface area (Å²) in [5.41, 5.74) is 4.70. The number of nitrogens with one attached hydrogen (secondary N) is 1. The Bertz CT molecular complexity index is 1370. The van der Waals surface area contributed by atoms with Crippen molar-refractivity contribution in [2.24, 2.45) is 0 Å². The fourth-order valence-corrected chi connectivity index (χ4v) is 4.59. The number of hydrogen-bond donors (Lipinski definition) is 1. The Kier molecular flexibility index (Phi) is 8.82. The highest BCUT2D eigenvalue weighted by molar-refractivity contribution is 5.92. The third-order valence-electron chi connectivity index (χ3n) is 6.60. The molecular weight excluding hydrogens is 511 g/mol. The second kappa shape index (κ2) is 12.3. The predicted molar refractivity (Wildman–Crippen MR) is 150 cm³/mol. The second-order valence-corrected chi connectivity index (χ2v) is 10.7. The van der Waals surface area contributed by atoms with E-state index in [0.29, 0.717) is 25.9 Å². The summed E-state index contributed by atoms with van der Waals surface area (Å²) in [6.07, 6.45) is 2.53. The average molecular weight is 547 g/mol. The molecule has 1 fully saturated rings. The summed E-state index contributed by atoms with van der Waals surface area (Å²) in [5, 5.41) is 2.96. The van der Waals surface area contributed by atoms with Gasteiger partial charge in [-0.3, -0.25) is 4.79 Å². The van der Waals surface area contributed by atoms with Gasteiger partial charge in [0.15, 0.2) is 0 Å². The fraction of sp³-hybridized carbons (Fsp3) is 0.355.